The van der Waals surface area contributed by atoms with Gasteiger partial charge in [-0.05, 0) is 30.2 Å². The number of hydrogen-bond donors (Lipinski definition) is 2. The largest absolute Gasteiger partial charge is 0.368 e. The number of para-hydroxylation sites is 1. The number of hydrogen-bond acceptors (Lipinski definition) is 4. The van der Waals surface area contributed by atoms with Gasteiger partial charge in [0, 0.05) is 12.3 Å². The summed E-state index contributed by atoms with van der Waals surface area (Å²) in [6, 6.07) is 3.90. The van der Waals surface area contributed by atoms with Gasteiger partial charge in [-0.3, -0.25) is 9.36 Å². The minimum atomic E-state index is -0.892. The Hall–Kier alpha value is -2.22. The van der Waals surface area contributed by atoms with Gasteiger partial charge in [-0.25, -0.2) is 14.2 Å². The van der Waals surface area contributed by atoms with Gasteiger partial charge >= 0.3 is 11.7 Å². The second kappa shape index (κ2) is 7.57. The molecule has 2 aromatic rings. The molecule has 26 heavy (non-hydrogen) atoms. The second-order valence-corrected chi connectivity index (χ2v) is 8.34. The van der Waals surface area contributed by atoms with Crippen LogP contribution in [0.25, 0.3) is 11.0 Å². The maximum atomic E-state index is 12.9. The molecule has 0 fully saturated rings. The highest BCUT2D eigenvalue weighted by Gasteiger charge is 2.32. The van der Waals surface area contributed by atoms with E-state index in [0.29, 0.717) is 12.1 Å². The van der Waals surface area contributed by atoms with Crippen LogP contribution in [-0.2, 0) is 11.3 Å². The Morgan fingerprint density at radius 3 is 2.50 bits per heavy atom. The van der Waals surface area contributed by atoms with Crippen molar-refractivity contribution >= 4 is 34.7 Å². The van der Waals surface area contributed by atoms with Crippen molar-refractivity contribution in [3.05, 3.63) is 34.2 Å². The number of thioether (sulfide) groups is 1. The molecule has 7 nitrogen and oxygen atoms in total. The summed E-state index contributed by atoms with van der Waals surface area (Å²) in [6.07, 6.45) is 1.96. The summed E-state index contributed by atoms with van der Waals surface area (Å²) in [4.78, 5) is 37.6. The van der Waals surface area contributed by atoms with Crippen LogP contribution >= 0.6 is 11.8 Å². The molecule has 1 aromatic heterocycles. The Morgan fingerprint density at radius 2 is 1.96 bits per heavy atom. The highest BCUT2D eigenvalue weighted by Crippen LogP contribution is 2.21. The minimum absolute atomic E-state index is 0.419. The fraction of sp³-hybridized carbons (Fsp3) is 0.500. The minimum Gasteiger partial charge on any atom is -0.368 e. The number of nitrogens with two attached hydrogens (primary N) is 1. The number of aromatic nitrogens is 2. The molecule has 1 atom stereocenters. The smallest absolute Gasteiger partial charge is 0.337 e. The summed E-state index contributed by atoms with van der Waals surface area (Å²) in [5, 5.41) is 2.63. The van der Waals surface area contributed by atoms with E-state index in [1.54, 1.807) is 49.2 Å². The molecule has 0 aliphatic rings. The molecule has 8 heteroatoms. The lowest BCUT2D eigenvalue weighted by molar-refractivity contribution is -0.122. The lowest BCUT2D eigenvalue weighted by Crippen LogP contribution is -2.54. The van der Waals surface area contributed by atoms with E-state index in [-0.39, 0.29) is 0 Å². The van der Waals surface area contributed by atoms with Crippen LogP contribution in [0.5, 0.6) is 0 Å². The zero-order valence-electron chi connectivity index (χ0n) is 15.8. The van der Waals surface area contributed by atoms with Crippen molar-refractivity contribution < 1.29 is 9.59 Å². The van der Waals surface area contributed by atoms with Crippen LogP contribution in [0.3, 0.4) is 0 Å². The summed E-state index contributed by atoms with van der Waals surface area (Å²) in [5.41, 5.74) is 6.62. The van der Waals surface area contributed by atoms with Crippen molar-refractivity contribution in [2.45, 2.75) is 40.3 Å². The standard InChI is InChI=1S/C18H26N4O3S/c1-11-7-6-8-12-13(11)21(9-10-26-5)17(25)22(12)16(24)20-14(15(19)23)18(2,3)4/h6-8,14H,9-10H2,1-5H3,(H2,19,23)(H,20,24)/t14-/m1/s1. The molecule has 1 aromatic carbocycles. The van der Waals surface area contributed by atoms with Gasteiger partial charge in [-0.1, -0.05) is 32.9 Å². The number of aryl methyl sites for hydroxylation is 2. The molecule has 0 radical (unpaired) electrons. The first-order valence-corrected chi connectivity index (χ1v) is 9.79. The number of fused-ring (bicyclic) bond motifs is 1. The number of benzene rings is 1. The fourth-order valence-corrected chi connectivity index (χ4v) is 3.35. The summed E-state index contributed by atoms with van der Waals surface area (Å²) < 4.78 is 2.70. The summed E-state index contributed by atoms with van der Waals surface area (Å²) >= 11 is 1.62. The highest BCUT2D eigenvalue weighted by atomic mass is 32.2. The quantitative estimate of drug-likeness (QED) is 0.830. The maximum Gasteiger partial charge on any atom is 0.337 e. The van der Waals surface area contributed by atoms with Crippen LogP contribution in [0.2, 0.25) is 0 Å². The van der Waals surface area contributed by atoms with Gasteiger partial charge < -0.3 is 11.1 Å². The molecule has 3 N–H and O–H groups in total. The molecule has 0 bridgehead atoms. The normalized spacial score (nSPS) is 13.0. The average molecular weight is 378 g/mol. The van der Waals surface area contributed by atoms with Crippen molar-refractivity contribution in [3.8, 4) is 0 Å². The summed E-state index contributed by atoms with van der Waals surface area (Å²) in [6.45, 7) is 7.81. The van der Waals surface area contributed by atoms with Gasteiger partial charge in [-0.15, -0.1) is 0 Å². The van der Waals surface area contributed by atoms with Gasteiger partial charge in [0.25, 0.3) is 0 Å². The van der Waals surface area contributed by atoms with Gasteiger partial charge in [0.1, 0.15) is 6.04 Å². The lowest BCUT2D eigenvalue weighted by Gasteiger charge is -2.28. The van der Waals surface area contributed by atoms with E-state index < -0.39 is 29.1 Å². The van der Waals surface area contributed by atoms with Crippen LogP contribution in [0.4, 0.5) is 4.79 Å². The Labute approximate surface area is 156 Å². The third kappa shape index (κ3) is 3.80. The average Bonchev–Trinajstić information content (AvgIpc) is 2.82. The van der Waals surface area contributed by atoms with E-state index >= 15 is 0 Å². The van der Waals surface area contributed by atoms with E-state index in [0.717, 1.165) is 21.4 Å². The molecule has 0 unspecified atom stereocenters. The molecule has 0 spiro atoms. The molecule has 2 rings (SSSR count). The highest BCUT2D eigenvalue weighted by molar-refractivity contribution is 7.98. The van der Waals surface area contributed by atoms with Gasteiger partial charge in [0.2, 0.25) is 5.91 Å². The van der Waals surface area contributed by atoms with Crippen LogP contribution in [-0.4, -0.2) is 39.1 Å². The van der Waals surface area contributed by atoms with Crippen LogP contribution < -0.4 is 16.7 Å². The maximum absolute atomic E-state index is 12.9. The van der Waals surface area contributed by atoms with Gasteiger partial charge in [0.15, 0.2) is 0 Å². The topological polar surface area (TPSA) is 99.1 Å². The first-order valence-electron chi connectivity index (χ1n) is 8.39. The zero-order chi connectivity index (χ0) is 19.6. The Balaban J connectivity index is 2.57. The number of carbonyl (C=O) groups excluding carboxylic acids is 2. The third-order valence-electron chi connectivity index (χ3n) is 4.29. The van der Waals surface area contributed by atoms with Crippen molar-refractivity contribution in [2.75, 3.05) is 12.0 Å². The molecule has 0 aliphatic carbocycles. The molecular weight excluding hydrogens is 352 g/mol. The van der Waals surface area contributed by atoms with E-state index in [2.05, 4.69) is 5.32 Å². The number of imidazole rings is 1. The number of nitrogens with zero attached hydrogens (tertiary/aromatic N) is 2. The zero-order valence-corrected chi connectivity index (χ0v) is 16.6. The van der Waals surface area contributed by atoms with E-state index in [9.17, 15) is 14.4 Å². The predicted molar refractivity (Wildman–Crippen MR) is 106 cm³/mol. The van der Waals surface area contributed by atoms with E-state index in [1.807, 2.05) is 19.2 Å². The van der Waals surface area contributed by atoms with Gasteiger partial charge in [0.05, 0.1) is 11.0 Å². The Morgan fingerprint density at radius 1 is 1.31 bits per heavy atom. The molecule has 142 valence electrons. The summed E-state index contributed by atoms with van der Waals surface area (Å²) in [7, 11) is 0. The van der Waals surface area contributed by atoms with E-state index in [4.69, 9.17) is 5.73 Å². The Kier molecular flexibility index (Phi) is 5.85. The van der Waals surface area contributed by atoms with Crippen molar-refractivity contribution in [2.24, 2.45) is 11.1 Å². The van der Waals surface area contributed by atoms with Crippen molar-refractivity contribution in [3.63, 3.8) is 0 Å². The first kappa shape index (κ1) is 20.1. The van der Waals surface area contributed by atoms with Crippen LogP contribution in [0, 0.1) is 12.3 Å². The molecule has 0 saturated heterocycles. The number of rotatable bonds is 5. The molecule has 0 saturated carbocycles. The van der Waals surface area contributed by atoms with Gasteiger partial charge in [-0.2, -0.15) is 11.8 Å². The predicted octanol–water partition coefficient (Wildman–Crippen LogP) is 1.93. The SMILES string of the molecule is CSCCn1c(=O)n(C(=O)N[C@H](C(N)=O)C(C)(C)C)c2cccc(C)c21. The van der Waals surface area contributed by atoms with Crippen molar-refractivity contribution in [1.29, 1.82) is 0 Å². The molecule has 1 heterocycles. The molecule has 2 amide bonds. The number of carbonyl (C=O) groups is 2. The number of nitrogens with one attached hydrogen (secondary N) is 1. The number of primary amides is 1. The second-order valence-electron chi connectivity index (χ2n) is 7.36. The van der Waals surface area contributed by atoms with Crippen LogP contribution in [0.1, 0.15) is 26.3 Å². The molecular formula is C18H26N4O3S. The molecule has 0 aliphatic heterocycles. The van der Waals surface area contributed by atoms with Crippen LogP contribution in [0.15, 0.2) is 23.0 Å². The first-order chi connectivity index (χ1) is 12.1. The Bertz CT molecular complexity index is 892. The monoisotopic (exact) mass is 378 g/mol. The third-order valence-corrected chi connectivity index (χ3v) is 4.88. The number of amides is 2. The lowest BCUT2D eigenvalue weighted by atomic mass is 9.86. The van der Waals surface area contributed by atoms with E-state index in [1.165, 1.54) is 0 Å². The fourth-order valence-electron chi connectivity index (χ4n) is 2.98. The summed E-state index contributed by atoms with van der Waals surface area (Å²) in [5.74, 6) is 0.113. The van der Waals surface area contributed by atoms with Crippen molar-refractivity contribution in [1.82, 2.24) is 14.5 Å².